The fraction of sp³-hybridized carbons (Fsp3) is 0.526. The Kier molecular flexibility index (Phi) is 4.37. The minimum absolute atomic E-state index is 0.182. The average Bonchev–Trinajstić information content (AvgIpc) is 3.32. The highest BCUT2D eigenvalue weighted by Crippen LogP contribution is 2.32. The number of hydrogen-bond acceptors (Lipinski definition) is 3. The molecule has 2 aromatic rings. The number of hydrogen-bond donors (Lipinski definition) is 0. The van der Waals surface area contributed by atoms with Gasteiger partial charge in [-0.05, 0) is 36.5 Å². The summed E-state index contributed by atoms with van der Waals surface area (Å²) in [6.45, 7) is 4.31. The molecule has 0 amide bonds. The normalized spacial score (nSPS) is 21.0. The van der Waals surface area contributed by atoms with E-state index in [0.717, 1.165) is 44.3 Å². The van der Waals surface area contributed by atoms with Crippen LogP contribution in [0.25, 0.3) is 0 Å². The molecule has 4 rings (SSSR count). The van der Waals surface area contributed by atoms with E-state index in [1.807, 2.05) is 30.1 Å². The molecule has 128 valence electrons. The molecular weight excluding hydrogens is 305 g/mol. The van der Waals surface area contributed by atoms with Crippen LogP contribution in [-0.2, 0) is 24.9 Å². The summed E-state index contributed by atoms with van der Waals surface area (Å²) in [7, 11) is 2.02. The number of aryl methyl sites for hydroxylation is 1. The van der Waals surface area contributed by atoms with Crippen LogP contribution in [0.1, 0.15) is 35.6 Å². The van der Waals surface area contributed by atoms with Gasteiger partial charge in [0, 0.05) is 50.5 Å². The maximum absolute atomic E-state index is 13.1. The van der Waals surface area contributed by atoms with Crippen molar-refractivity contribution in [3.8, 4) is 0 Å². The second-order valence-corrected chi connectivity index (χ2v) is 7.15. The highest BCUT2D eigenvalue weighted by molar-refractivity contribution is 5.26. The third-order valence-corrected chi connectivity index (χ3v) is 5.01. The molecule has 1 fully saturated rings. The van der Waals surface area contributed by atoms with E-state index in [0.29, 0.717) is 5.92 Å². The Hall–Kier alpha value is -1.72. The predicted octanol–water partition coefficient (Wildman–Crippen LogP) is 3.09. The van der Waals surface area contributed by atoms with E-state index in [4.69, 9.17) is 4.74 Å². The second-order valence-electron chi connectivity index (χ2n) is 7.15. The fourth-order valence-corrected chi connectivity index (χ4v) is 3.61. The number of fused-ring (bicyclic) bond motifs is 1. The first kappa shape index (κ1) is 15.8. The highest BCUT2D eigenvalue weighted by atomic mass is 19.1. The Bertz CT molecular complexity index is 693. The summed E-state index contributed by atoms with van der Waals surface area (Å²) in [5.41, 5.74) is 3.73. The van der Waals surface area contributed by atoms with Gasteiger partial charge in [0.25, 0.3) is 0 Å². The average molecular weight is 329 g/mol. The van der Waals surface area contributed by atoms with Gasteiger partial charge in [0.05, 0.1) is 12.8 Å². The number of nitrogens with zero attached hydrogens (tertiary/aromatic N) is 3. The van der Waals surface area contributed by atoms with Crippen LogP contribution in [0.5, 0.6) is 0 Å². The van der Waals surface area contributed by atoms with Gasteiger partial charge in [-0.3, -0.25) is 9.58 Å². The molecule has 1 aromatic carbocycles. The molecule has 4 nitrogen and oxygen atoms in total. The molecule has 2 heterocycles. The van der Waals surface area contributed by atoms with Crippen LogP contribution in [0, 0.1) is 11.7 Å². The van der Waals surface area contributed by atoms with Crippen LogP contribution >= 0.6 is 0 Å². The molecule has 0 radical (unpaired) electrons. The van der Waals surface area contributed by atoms with Crippen molar-refractivity contribution in [1.29, 1.82) is 0 Å². The van der Waals surface area contributed by atoms with Crippen molar-refractivity contribution in [2.75, 3.05) is 19.8 Å². The van der Waals surface area contributed by atoms with E-state index in [2.05, 4.69) is 10.00 Å². The first-order chi connectivity index (χ1) is 11.7. The zero-order valence-corrected chi connectivity index (χ0v) is 14.1. The van der Waals surface area contributed by atoms with Gasteiger partial charge in [-0.2, -0.15) is 5.10 Å². The summed E-state index contributed by atoms with van der Waals surface area (Å²) in [6, 6.07) is 6.80. The van der Waals surface area contributed by atoms with Crippen molar-refractivity contribution in [2.45, 2.75) is 31.8 Å². The first-order valence-electron chi connectivity index (χ1n) is 8.74. The molecule has 1 atom stereocenters. The zero-order valence-electron chi connectivity index (χ0n) is 14.1. The van der Waals surface area contributed by atoms with Crippen molar-refractivity contribution in [3.05, 3.63) is 53.1 Å². The first-order valence-corrected chi connectivity index (χ1v) is 8.74. The van der Waals surface area contributed by atoms with Crippen molar-refractivity contribution >= 4 is 0 Å². The van der Waals surface area contributed by atoms with E-state index in [-0.39, 0.29) is 5.82 Å². The molecule has 0 spiro atoms. The van der Waals surface area contributed by atoms with Gasteiger partial charge in [-0.1, -0.05) is 12.1 Å². The van der Waals surface area contributed by atoms with E-state index >= 15 is 0 Å². The summed E-state index contributed by atoms with van der Waals surface area (Å²) in [6.07, 6.45) is 4.61. The molecule has 0 unspecified atom stereocenters. The molecule has 1 aliphatic heterocycles. The molecule has 0 saturated heterocycles. The standard InChI is InChI=1S/C19H24FN3O/c1-22-19-16(8-21-22)10-23(9-14-4-6-18(20)7-5-14)11-17(19)13-24-12-15-2-3-15/h4-8,15,17H,2-3,9-13H2,1H3/t17-/m1/s1. The fourth-order valence-electron chi connectivity index (χ4n) is 3.61. The van der Waals surface area contributed by atoms with E-state index in [1.54, 1.807) is 0 Å². The lowest BCUT2D eigenvalue weighted by Gasteiger charge is -2.33. The molecule has 24 heavy (non-hydrogen) atoms. The minimum atomic E-state index is -0.182. The number of rotatable bonds is 6. The van der Waals surface area contributed by atoms with Gasteiger partial charge in [-0.25, -0.2) is 4.39 Å². The summed E-state index contributed by atoms with van der Waals surface area (Å²) >= 11 is 0. The van der Waals surface area contributed by atoms with Crippen molar-refractivity contribution in [1.82, 2.24) is 14.7 Å². The lowest BCUT2D eigenvalue weighted by molar-refractivity contribution is 0.0870. The third kappa shape index (κ3) is 3.52. The van der Waals surface area contributed by atoms with Crippen molar-refractivity contribution in [2.24, 2.45) is 13.0 Å². The Morgan fingerprint density at radius 2 is 2.00 bits per heavy atom. The van der Waals surface area contributed by atoms with Gasteiger partial charge in [-0.15, -0.1) is 0 Å². The largest absolute Gasteiger partial charge is 0.380 e. The molecule has 0 bridgehead atoms. The van der Waals surface area contributed by atoms with Gasteiger partial charge in [0.15, 0.2) is 0 Å². The zero-order chi connectivity index (χ0) is 16.5. The van der Waals surface area contributed by atoms with Gasteiger partial charge in [0.2, 0.25) is 0 Å². The predicted molar refractivity (Wildman–Crippen MR) is 90.0 cm³/mol. The Morgan fingerprint density at radius 1 is 1.21 bits per heavy atom. The van der Waals surface area contributed by atoms with Gasteiger partial charge in [0.1, 0.15) is 5.82 Å². The lowest BCUT2D eigenvalue weighted by atomic mass is 9.96. The quantitative estimate of drug-likeness (QED) is 0.816. The van der Waals surface area contributed by atoms with E-state index in [1.165, 1.54) is 36.2 Å². The van der Waals surface area contributed by atoms with Crippen molar-refractivity contribution in [3.63, 3.8) is 0 Å². The number of benzene rings is 1. The molecular formula is C19H24FN3O. The SMILES string of the molecule is Cn1ncc2c1[C@@H](COCC1CC1)CN(Cc1ccc(F)cc1)C2. The smallest absolute Gasteiger partial charge is 0.123 e. The molecule has 0 N–H and O–H groups in total. The van der Waals surface area contributed by atoms with E-state index < -0.39 is 0 Å². The minimum Gasteiger partial charge on any atom is -0.380 e. The van der Waals surface area contributed by atoms with E-state index in [9.17, 15) is 4.39 Å². The topological polar surface area (TPSA) is 30.3 Å². The third-order valence-electron chi connectivity index (χ3n) is 5.01. The number of ether oxygens (including phenoxy) is 1. The molecule has 5 heteroatoms. The maximum atomic E-state index is 13.1. The van der Waals surface area contributed by atoms with Crippen LogP contribution in [0.2, 0.25) is 0 Å². The lowest BCUT2D eigenvalue weighted by Crippen LogP contribution is -2.35. The summed E-state index contributed by atoms with van der Waals surface area (Å²) in [4.78, 5) is 2.41. The van der Waals surface area contributed by atoms with Crippen LogP contribution in [-0.4, -0.2) is 34.4 Å². The summed E-state index contributed by atoms with van der Waals surface area (Å²) in [5, 5.41) is 4.44. The van der Waals surface area contributed by atoms with Gasteiger partial charge < -0.3 is 4.74 Å². The van der Waals surface area contributed by atoms with Crippen LogP contribution in [0.4, 0.5) is 4.39 Å². The Balaban J connectivity index is 1.45. The molecule has 1 aliphatic carbocycles. The number of halogens is 1. The van der Waals surface area contributed by atoms with Crippen LogP contribution in [0.15, 0.2) is 30.5 Å². The van der Waals surface area contributed by atoms with Crippen molar-refractivity contribution < 1.29 is 9.13 Å². The highest BCUT2D eigenvalue weighted by Gasteiger charge is 2.29. The monoisotopic (exact) mass is 329 g/mol. The Labute approximate surface area is 142 Å². The summed E-state index contributed by atoms with van der Waals surface area (Å²) in [5.74, 6) is 0.952. The molecule has 1 aromatic heterocycles. The van der Waals surface area contributed by atoms with Gasteiger partial charge >= 0.3 is 0 Å². The maximum Gasteiger partial charge on any atom is 0.123 e. The Morgan fingerprint density at radius 3 is 2.75 bits per heavy atom. The number of aromatic nitrogens is 2. The van der Waals surface area contributed by atoms with Crippen LogP contribution < -0.4 is 0 Å². The second kappa shape index (κ2) is 6.65. The molecule has 2 aliphatic rings. The van der Waals surface area contributed by atoms with Crippen LogP contribution in [0.3, 0.4) is 0 Å². The summed E-state index contributed by atoms with van der Waals surface area (Å²) < 4.78 is 21.1. The molecule has 1 saturated carbocycles.